The number of thioether (sulfide) groups is 1. The van der Waals surface area contributed by atoms with Gasteiger partial charge in [-0.1, -0.05) is 20.8 Å². The average Bonchev–Trinajstić information content (AvgIpc) is 2.46. The highest BCUT2D eigenvalue weighted by Gasteiger charge is 2.63. The molecule has 0 aromatic carbocycles. The maximum absolute atomic E-state index is 12.9. The fraction of sp³-hybridized carbons (Fsp3) is 0.933. The van der Waals surface area contributed by atoms with E-state index in [1.807, 2.05) is 23.6 Å². The fourth-order valence-corrected chi connectivity index (χ4v) is 4.41. The van der Waals surface area contributed by atoms with Crippen LogP contribution in [0.15, 0.2) is 0 Å². The molecular formula is C15H29ClN2O2S. The van der Waals surface area contributed by atoms with E-state index in [4.69, 9.17) is 10.5 Å². The van der Waals surface area contributed by atoms with Crippen molar-refractivity contribution in [2.45, 2.75) is 57.4 Å². The molecule has 2 fully saturated rings. The molecule has 2 N–H and O–H groups in total. The van der Waals surface area contributed by atoms with Crippen molar-refractivity contribution < 1.29 is 9.53 Å². The Hall–Kier alpha value is 0.0300. The van der Waals surface area contributed by atoms with E-state index >= 15 is 0 Å². The summed E-state index contributed by atoms with van der Waals surface area (Å²) in [5.74, 6) is 1.15. The van der Waals surface area contributed by atoms with Gasteiger partial charge in [-0.15, -0.1) is 12.4 Å². The SMILES string of the molecule is CCOC1CC(N)(C(=O)N2CCSC(CC)C2)C1(C)C.Cl. The van der Waals surface area contributed by atoms with Gasteiger partial charge in [-0.25, -0.2) is 0 Å². The summed E-state index contributed by atoms with van der Waals surface area (Å²) in [4.78, 5) is 14.8. The average molecular weight is 337 g/mol. The predicted molar refractivity (Wildman–Crippen MR) is 91.1 cm³/mol. The molecule has 1 saturated carbocycles. The van der Waals surface area contributed by atoms with Gasteiger partial charge in [-0.05, 0) is 13.3 Å². The highest BCUT2D eigenvalue weighted by Crippen LogP contribution is 2.50. The summed E-state index contributed by atoms with van der Waals surface area (Å²) in [7, 11) is 0. The van der Waals surface area contributed by atoms with Crippen molar-refractivity contribution in [1.29, 1.82) is 0 Å². The van der Waals surface area contributed by atoms with Crippen molar-refractivity contribution in [2.24, 2.45) is 11.1 Å². The number of hydrogen-bond acceptors (Lipinski definition) is 4. The van der Waals surface area contributed by atoms with Gasteiger partial charge in [-0.2, -0.15) is 11.8 Å². The van der Waals surface area contributed by atoms with Crippen LogP contribution in [0, 0.1) is 5.41 Å². The van der Waals surface area contributed by atoms with Gasteiger partial charge in [0.05, 0.1) is 6.10 Å². The zero-order valence-corrected chi connectivity index (χ0v) is 15.2. The Morgan fingerprint density at radius 1 is 1.43 bits per heavy atom. The molecule has 3 atom stereocenters. The smallest absolute Gasteiger partial charge is 0.243 e. The molecule has 2 rings (SSSR count). The second-order valence-electron chi connectivity index (χ2n) is 6.49. The van der Waals surface area contributed by atoms with E-state index in [0.717, 1.165) is 25.3 Å². The number of ether oxygens (including phenoxy) is 1. The molecule has 1 aliphatic carbocycles. The van der Waals surface area contributed by atoms with Crippen molar-refractivity contribution in [2.75, 3.05) is 25.4 Å². The molecular weight excluding hydrogens is 308 g/mol. The van der Waals surface area contributed by atoms with E-state index in [1.54, 1.807) is 0 Å². The van der Waals surface area contributed by atoms with Crippen LogP contribution in [0.1, 0.15) is 40.5 Å². The number of rotatable bonds is 4. The molecule has 0 aromatic rings. The molecule has 0 bridgehead atoms. The van der Waals surface area contributed by atoms with Gasteiger partial charge in [0.2, 0.25) is 5.91 Å². The van der Waals surface area contributed by atoms with Gasteiger partial charge in [0.15, 0.2) is 0 Å². The lowest BCUT2D eigenvalue weighted by molar-refractivity contribution is -0.179. The zero-order chi connectivity index (χ0) is 15.0. The molecule has 2 aliphatic rings. The van der Waals surface area contributed by atoms with E-state index in [0.29, 0.717) is 18.3 Å². The van der Waals surface area contributed by atoms with E-state index in [1.165, 1.54) is 0 Å². The Morgan fingerprint density at radius 3 is 2.62 bits per heavy atom. The Morgan fingerprint density at radius 2 is 2.10 bits per heavy atom. The number of carbonyl (C=O) groups is 1. The lowest BCUT2D eigenvalue weighted by Gasteiger charge is -2.59. The predicted octanol–water partition coefficient (Wildman–Crippen LogP) is 2.29. The van der Waals surface area contributed by atoms with E-state index in [2.05, 4.69) is 20.8 Å². The van der Waals surface area contributed by atoms with Crippen LogP contribution in [0.25, 0.3) is 0 Å². The lowest BCUT2D eigenvalue weighted by atomic mass is 9.54. The number of carbonyl (C=O) groups excluding carboxylic acids is 1. The summed E-state index contributed by atoms with van der Waals surface area (Å²) in [5, 5.41) is 0.558. The molecule has 0 spiro atoms. The van der Waals surface area contributed by atoms with Crippen LogP contribution in [-0.2, 0) is 9.53 Å². The quantitative estimate of drug-likeness (QED) is 0.855. The highest BCUT2D eigenvalue weighted by molar-refractivity contribution is 8.00. The molecule has 1 heterocycles. The molecule has 124 valence electrons. The minimum absolute atomic E-state index is 0. The summed E-state index contributed by atoms with van der Waals surface area (Å²) in [6, 6.07) is 0. The minimum atomic E-state index is -0.757. The van der Waals surface area contributed by atoms with Gasteiger partial charge in [0.1, 0.15) is 5.54 Å². The molecule has 1 saturated heterocycles. The molecule has 4 nitrogen and oxygen atoms in total. The first kappa shape index (κ1) is 19.1. The summed E-state index contributed by atoms with van der Waals surface area (Å²) in [6.07, 6.45) is 1.85. The standard InChI is InChI=1S/C15H28N2O2S.ClH/c1-5-11-10-17(7-8-20-11)13(18)15(16)9-12(19-6-2)14(15,3)4;/h11-12H,5-10,16H2,1-4H3;1H. The van der Waals surface area contributed by atoms with Gasteiger partial charge in [-0.3, -0.25) is 4.79 Å². The largest absolute Gasteiger partial charge is 0.378 e. The van der Waals surface area contributed by atoms with Crippen LogP contribution in [-0.4, -0.2) is 53.1 Å². The molecule has 0 radical (unpaired) electrons. The number of hydrogen-bond donors (Lipinski definition) is 1. The van der Waals surface area contributed by atoms with Gasteiger partial charge < -0.3 is 15.4 Å². The second-order valence-corrected chi connectivity index (χ2v) is 7.90. The normalized spacial score (nSPS) is 34.8. The molecule has 3 unspecified atom stereocenters. The van der Waals surface area contributed by atoms with Crippen molar-refractivity contribution in [3.8, 4) is 0 Å². The first-order chi connectivity index (χ1) is 9.36. The van der Waals surface area contributed by atoms with Gasteiger partial charge >= 0.3 is 0 Å². The summed E-state index contributed by atoms with van der Waals surface area (Å²) in [5.41, 5.74) is 5.44. The maximum atomic E-state index is 12.9. The molecule has 0 aromatic heterocycles. The number of nitrogens with two attached hydrogens (primary N) is 1. The van der Waals surface area contributed by atoms with Crippen LogP contribution in [0.5, 0.6) is 0 Å². The van der Waals surface area contributed by atoms with Gasteiger partial charge in [0, 0.05) is 42.5 Å². The number of amides is 1. The van der Waals surface area contributed by atoms with E-state index < -0.39 is 5.54 Å². The van der Waals surface area contributed by atoms with Crippen molar-refractivity contribution in [1.82, 2.24) is 4.90 Å². The summed E-state index contributed by atoms with van der Waals surface area (Å²) >= 11 is 1.97. The van der Waals surface area contributed by atoms with Crippen LogP contribution in [0.3, 0.4) is 0 Å². The van der Waals surface area contributed by atoms with Crippen LogP contribution in [0.4, 0.5) is 0 Å². The minimum Gasteiger partial charge on any atom is -0.378 e. The third-order valence-corrected chi connectivity index (χ3v) is 6.47. The third kappa shape index (κ3) is 3.21. The lowest BCUT2D eigenvalue weighted by Crippen LogP contribution is -2.76. The first-order valence-electron chi connectivity index (χ1n) is 7.68. The maximum Gasteiger partial charge on any atom is 0.243 e. The molecule has 1 amide bonds. The van der Waals surface area contributed by atoms with E-state index in [-0.39, 0.29) is 29.8 Å². The monoisotopic (exact) mass is 336 g/mol. The Labute approximate surface area is 138 Å². The Balaban J connectivity index is 0.00000220. The Bertz CT molecular complexity index is 381. The number of halogens is 1. The molecule has 6 heteroatoms. The first-order valence-corrected chi connectivity index (χ1v) is 8.73. The second kappa shape index (κ2) is 7.07. The Kier molecular flexibility index (Phi) is 6.42. The van der Waals surface area contributed by atoms with Crippen molar-refractivity contribution in [3.05, 3.63) is 0 Å². The van der Waals surface area contributed by atoms with Crippen molar-refractivity contribution in [3.63, 3.8) is 0 Å². The summed E-state index contributed by atoms with van der Waals surface area (Å²) < 4.78 is 5.71. The number of nitrogens with zero attached hydrogens (tertiary/aromatic N) is 1. The van der Waals surface area contributed by atoms with E-state index in [9.17, 15) is 4.79 Å². The van der Waals surface area contributed by atoms with Crippen LogP contribution in [0.2, 0.25) is 0 Å². The van der Waals surface area contributed by atoms with Gasteiger partial charge in [0.25, 0.3) is 0 Å². The highest BCUT2D eigenvalue weighted by atomic mass is 35.5. The molecule has 1 aliphatic heterocycles. The zero-order valence-electron chi connectivity index (χ0n) is 13.6. The van der Waals surface area contributed by atoms with Crippen LogP contribution < -0.4 is 5.73 Å². The fourth-order valence-electron chi connectivity index (χ4n) is 3.23. The summed E-state index contributed by atoms with van der Waals surface area (Å²) in [6.45, 7) is 10.6. The topological polar surface area (TPSA) is 55.6 Å². The third-order valence-electron chi connectivity index (χ3n) is 5.09. The van der Waals surface area contributed by atoms with Crippen molar-refractivity contribution >= 4 is 30.1 Å². The molecule has 21 heavy (non-hydrogen) atoms. The van der Waals surface area contributed by atoms with Crippen LogP contribution >= 0.6 is 24.2 Å².